The van der Waals surface area contributed by atoms with Gasteiger partial charge in [-0.05, 0) is 31.5 Å². The number of rotatable bonds is 6. The Kier molecular flexibility index (Phi) is 3.83. The van der Waals surface area contributed by atoms with Crippen LogP contribution in [0, 0.1) is 0 Å². The number of fused-ring (bicyclic) bond motifs is 1. The lowest BCUT2D eigenvalue weighted by Crippen LogP contribution is -2.18. The summed E-state index contributed by atoms with van der Waals surface area (Å²) < 4.78 is 25.9. The maximum absolute atomic E-state index is 11.7. The lowest BCUT2D eigenvalue weighted by Gasteiger charge is -2.03. The summed E-state index contributed by atoms with van der Waals surface area (Å²) in [6.45, 7) is 0.500. The number of hydrogen-bond acceptors (Lipinski definition) is 4. The molecule has 0 saturated carbocycles. The van der Waals surface area contributed by atoms with E-state index in [9.17, 15) is 8.42 Å². The van der Waals surface area contributed by atoms with Crippen LogP contribution in [0.25, 0.3) is 11.0 Å². The number of anilines is 1. The minimum atomic E-state index is -3.35. The molecule has 0 aliphatic carbocycles. The highest BCUT2D eigenvalue weighted by atomic mass is 32.2. The Hall–Kier alpha value is -1.60. The standard InChI is InChI=1S/C11H16N4O2S/c12-7-3-4-8-18(16,17)15-11-13-9-5-1-2-6-10(9)14-11/h1-2,5-6H,3-4,7-8,12H2,(H2,13,14,15). The van der Waals surface area contributed by atoms with E-state index < -0.39 is 10.0 Å². The Morgan fingerprint density at radius 1 is 1.28 bits per heavy atom. The van der Waals surface area contributed by atoms with E-state index in [-0.39, 0.29) is 11.7 Å². The van der Waals surface area contributed by atoms with Crippen LogP contribution in [0.5, 0.6) is 0 Å². The maximum Gasteiger partial charge on any atom is 0.234 e. The molecule has 98 valence electrons. The first-order chi connectivity index (χ1) is 8.61. The number of H-pyrrole nitrogens is 1. The van der Waals surface area contributed by atoms with E-state index in [1.54, 1.807) is 0 Å². The number of nitrogens with one attached hydrogen (secondary N) is 2. The second-order valence-corrected chi connectivity index (χ2v) is 5.86. The van der Waals surface area contributed by atoms with E-state index >= 15 is 0 Å². The smallest absolute Gasteiger partial charge is 0.234 e. The molecule has 4 N–H and O–H groups in total. The van der Waals surface area contributed by atoms with Crippen molar-refractivity contribution in [1.82, 2.24) is 9.97 Å². The molecule has 2 aromatic rings. The van der Waals surface area contributed by atoms with E-state index in [1.807, 2.05) is 24.3 Å². The summed E-state index contributed by atoms with van der Waals surface area (Å²) in [5, 5.41) is 0. The molecule has 0 fully saturated rings. The summed E-state index contributed by atoms with van der Waals surface area (Å²) in [6.07, 6.45) is 1.24. The summed E-state index contributed by atoms with van der Waals surface area (Å²) >= 11 is 0. The van der Waals surface area contributed by atoms with Crippen LogP contribution in [0.2, 0.25) is 0 Å². The highest BCUT2D eigenvalue weighted by Gasteiger charge is 2.12. The summed E-state index contributed by atoms with van der Waals surface area (Å²) in [5.41, 5.74) is 6.86. The fourth-order valence-electron chi connectivity index (χ4n) is 1.64. The summed E-state index contributed by atoms with van der Waals surface area (Å²) in [4.78, 5) is 7.07. The van der Waals surface area contributed by atoms with Gasteiger partial charge in [0, 0.05) is 0 Å². The first-order valence-corrected chi connectivity index (χ1v) is 7.41. The van der Waals surface area contributed by atoms with Crippen LogP contribution in [-0.2, 0) is 10.0 Å². The molecule has 0 radical (unpaired) electrons. The molecule has 2 rings (SSSR count). The van der Waals surface area contributed by atoms with Crippen LogP contribution in [0.4, 0.5) is 5.95 Å². The molecule has 7 heteroatoms. The van der Waals surface area contributed by atoms with Crippen molar-refractivity contribution in [3.63, 3.8) is 0 Å². The van der Waals surface area contributed by atoms with Gasteiger partial charge in [0.1, 0.15) is 0 Å². The van der Waals surface area contributed by atoms with Gasteiger partial charge >= 0.3 is 0 Å². The minimum absolute atomic E-state index is 0.0568. The van der Waals surface area contributed by atoms with Gasteiger partial charge < -0.3 is 10.7 Å². The monoisotopic (exact) mass is 268 g/mol. The third kappa shape index (κ3) is 3.21. The van der Waals surface area contributed by atoms with Crippen LogP contribution in [0.1, 0.15) is 12.8 Å². The lowest BCUT2D eigenvalue weighted by molar-refractivity contribution is 0.596. The van der Waals surface area contributed by atoms with Gasteiger partial charge in [-0.1, -0.05) is 12.1 Å². The van der Waals surface area contributed by atoms with E-state index in [4.69, 9.17) is 5.73 Å². The Labute approximate surface area is 106 Å². The summed E-state index contributed by atoms with van der Waals surface area (Å²) in [6, 6.07) is 7.37. The van der Waals surface area contributed by atoms with Gasteiger partial charge in [-0.2, -0.15) is 0 Å². The highest BCUT2D eigenvalue weighted by molar-refractivity contribution is 7.92. The topological polar surface area (TPSA) is 101 Å². The quantitative estimate of drug-likeness (QED) is 0.681. The number of hydrogen-bond donors (Lipinski definition) is 3. The number of benzene rings is 1. The second-order valence-electron chi connectivity index (χ2n) is 4.02. The second kappa shape index (κ2) is 5.36. The van der Waals surface area contributed by atoms with Crippen molar-refractivity contribution in [3.8, 4) is 0 Å². The molecule has 6 nitrogen and oxygen atoms in total. The predicted molar refractivity (Wildman–Crippen MR) is 71.8 cm³/mol. The van der Waals surface area contributed by atoms with Crippen molar-refractivity contribution in [2.45, 2.75) is 12.8 Å². The molecular weight excluding hydrogens is 252 g/mol. The number of aromatic amines is 1. The average Bonchev–Trinajstić information content (AvgIpc) is 2.70. The summed E-state index contributed by atoms with van der Waals surface area (Å²) in [5.74, 6) is 0.310. The van der Waals surface area contributed by atoms with E-state index in [1.165, 1.54) is 0 Å². The van der Waals surface area contributed by atoms with Crippen LogP contribution < -0.4 is 10.5 Å². The maximum atomic E-state index is 11.7. The fourth-order valence-corrected chi connectivity index (χ4v) is 2.71. The van der Waals surface area contributed by atoms with Gasteiger partial charge in [0.2, 0.25) is 16.0 Å². The molecule has 0 unspecified atom stereocenters. The number of para-hydroxylation sites is 2. The Bertz CT molecular complexity index is 588. The van der Waals surface area contributed by atoms with Crippen LogP contribution in [0.15, 0.2) is 24.3 Å². The minimum Gasteiger partial charge on any atom is -0.330 e. The first-order valence-electron chi connectivity index (χ1n) is 5.76. The van der Waals surface area contributed by atoms with Crippen molar-refractivity contribution in [1.29, 1.82) is 0 Å². The molecule has 18 heavy (non-hydrogen) atoms. The predicted octanol–water partition coefficient (Wildman–Crippen LogP) is 1.04. The van der Waals surface area contributed by atoms with Crippen LogP contribution in [-0.4, -0.2) is 30.7 Å². The third-order valence-corrected chi connectivity index (χ3v) is 3.84. The van der Waals surface area contributed by atoms with Gasteiger partial charge in [-0.3, -0.25) is 4.72 Å². The van der Waals surface area contributed by atoms with E-state index in [0.717, 1.165) is 11.0 Å². The molecule has 0 atom stereocenters. The number of sulfonamides is 1. The number of unbranched alkanes of at least 4 members (excludes halogenated alkanes) is 1. The number of nitrogens with zero attached hydrogens (tertiary/aromatic N) is 1. The average molecular weight is 268 g/mol. The zero-order valence-electron chi connectivity index (χ0n) is 9.89. The van der Waals surface area contributed by atoms with Gasteiger partial charge in [0.25, 0.3) is 0 Å². The van der Waals surface area contributed by atoms with Crippen molar-refractivity contribution < 1.29 is 8.42 Å². The fraction of sp³-hybridized carbons (Fsp3) is 0.364. The molecule has 0 bridgehead atoms. The molecule has 0 amide bonds. The Morgan fingerprint density at radius 3 is 2.78 bits per heavy atom. The van der Waals surface area contributed by atoms with E-state index in [2.05, 4.69) is 14.7 Å². The van der Waals surface area contributed by atoms with Gasteiger partial charge in [0.15, 0.2) is 0 Å². The van der Waals surface area contributed by atoms with E-state index in [0.29, 0.717) is 19.4 Å². The zero-order chi connectivity index (χ0) is 13.0. The van der Waals surface area contributed by atoms with Gasteiger partial charge in [-0.15, -0.1) is 0 Å². The molecule has 1 aromatic carbocycles. The van der Waals surface area contributed by atoms with Crippen molar-refractivity contribution in [2.24, 2.45) is 5.73 Å². The Balaban J connectivity index is 2.08. The largest absolute Gasteiger partial charge is 0.330 e. The van der Waals surface area contributed by atoms with Crippen molar-refractivity contribution in [3.05, 3.63) is 24.3 Å². The molecular formula is C11H16N4O2S. The number of imidazole rings is 1. The normalized spacial score (nSPS) is 11.8. The van der Waals surface area contributed by atoms with Crippen molar-refractivity contribution in [2.75, 3.05) is 17.0 Å². The van der Waals surface area contributed by atoms with Gasteiger partial charge in [0.05, 0.1) is 16.8 Å². The molecule has 1 heterocycles. The molecule has 0 aliphatic heterocycles. The molecule has 0 saturated heterocycles. The van der Waals surface area contributed by atoms with Crippen LogP contribution in [0.3, 0.4) is 0 Å². The van der Waals surface area contributed by atoms with Crippen molar-refractivity contribution >= 4 is 27.0 Å². The molecule has 0 spiro atoms. The SMILES string of the molecule is NCCCCS(=O)(=O)Nc1nc2ccccc2[nH]1. The van der Waals surface area contributed by atoms with Crippen LogP contribution >= 0.6 is 0 Å². The number of aromatic nitrogens is 2. The Morgan fingerprint density at radius 2 is 2.06 bits per heavy atom. The van der Waals surface area contributed by atoms with Gasteiger partial charge in [-0.25, -0.2) is 13.4 Å². The lowest BCUT2D eigenvalue weighted by atomic mass is 10.3. The molecule has 0 aliphatic rings. The zero-order valence-corrected chi connectivity index (χ0v) is 10.7. The summed E-state index contributed by atoms with van der Waals surface area (Å²) in [7, 11) is -3.35. The highest BCUT2D eigenvalue weighted by Crippen LogP contribution is 2.14. The molecule has 1 aromatic heterocycles. The number of nitrogens with two attached hydrogens (primary N) is 1. The first kappa shape index (κ1) is 12.8. The third-order valence-electron chi connectivity index (χ3n) is 2.51.